The molecule has 24 heavy (non-hydrogen) atoms. The Bertz CT molecular complexity index is 552. The molecule has 0 aliphatic carbocycles. The van der Waals surface area contributed by atoms with Crippen LogP contribution in [-0.4, -0.2) is 42.9 Å². The van der Waals surface area contributed by atoms with E-state index in [0.29, 0.717) is 5.92 Å². The van der Waals surface area contributed by atoms with Crippen molar-refractivity contribution in [2.45, 2.75) is 40.0 Å². The molecule has 0 bridgehead atoms. The van der Waals surface area contributed by atoms with Gasteiger partial charge in [-0.25, -0.2) is 0 Å². The number of rotatable bonds is 6. The molecule has 1 aromatic rings. The van der Waals surface area contributed by atoms with Crippen LogP contribution in [0.3, 0.4) is 0 Å². The number of amides is 2. The van der Waals surface area contributed by atoms with Crippen LogP contribution in [0, 0.1) is 5.92 Å². The standard InChI is InChI=1S/C19H29N3O2/c1-4-21(5-2)17-10-8-16(9-11-17)20-18(23)13-19(24)22-12-6-7-15(3)14-22/h8-11,15H,4-7,12-14H2,1-3H3,(H,20,23). The lowest BCUT2D eigenvalue weighted by molar-refractivity contribution is -0.136. The van der Waals surface area contributed by atoms with Crippen molar-refractivity contribution < 1.29 is 9.59 Å². The Morgan fingerprint density at radius 1 is 1.21 bits per heavy atom. The van der Waals surface area contributed by atoms with E-state index in [1.54, 1.807) is 0 Å². The van der Waals surface area contributed by atoms with Crippen molar-refractivity contribution in [3.05, 3.63) is 24.3 Å². The van der Waals surface area contributed by atoms with Crippen LogP contribution in [0.15, 0.2) is 24.3 Å². The molecule has 1 unspecified atom stereocenters. The molecule has 1 aliphatic rings. The highest BCUT2D eigenvalue weighted by atomic mass is 16.2. The van der Waals surface area contributed by atoms with Crippen molar-refractivity contribution in [2.75, 3.05) is 36.4 Å². The van der Waals surface area contributed by atoms with Gasteiger partial charge in [-0.2, -0.15) is 0 Å². The van der Waals surface area contributed by atoms with Crippen LogP contribution < -0.4 is 10.2 Å². The molecule has 0 aromatic heterocycles. The molecular weight excluding hydrogens is 302 g/mol. The van der Waals surface area contributed by atoms with Gasteiger partial charge in [-0.15, -0.1) is 0 Å². The van der Waals surface area contributed by atoms with Gasteiger partial charge in [-0.1, -0.05) is 6.92 Å². The molecule has 1 aliphatic heterocycles. The van der Waals surface area contributed by atoms with E-state index in [1.807, 2.05) is 29.2 Å². The van der Waals surface area contributed by atoms with Crippen molar-refractivity contribution in [3.8, 4) is 0 Å². The summed E-state index contributed by atoms with van der Waals surface area (Å²) < 4.78 is 0. The molecule has 5 nitrogen and oxygen atoms in total. The first-order valence-electron chi connectivity index (χ1n) is 8.96. The van der Waals surface area contributed by atoms with Crippen molar-refractivity contribution in [1.82, 2.24) is 4.90 Å². The Balaban J connectivity index is 1.86. The normalized spacial score (nSPS) is 17.5. The molecular formula is C19H29N3O2. The van der Waals surface area contributed by atoms with Crippen molar-refractivity contribution in [1.29, 1.82) is 0 Å². The summed E-state index contributed by atoms with van der Waals surface area (Å²) in [5.74, 6) is 0.214. The molecule has 1 fully saturated rings. The second-order valence-corrected chi connectivity index (χ2v) is 6.53. The number of nitrogens with zero attached hydrogens (tertiary/aromatic N) is 2. The summed E-state index contributed by atoms with van der Waals surface area (Å²) in [4.78, 5) is 28.4. The fraction of sp³-hybridized carbons (Fsp3) is 0.579. The summed E-state index contributed by atoms with van der Waals surface area (Å²) in [7, 11) is 0. The van der Waals surface area contributed by atoms with Crippen molar-refractivity contribution in [3.63, 3.8) is 0 Å². The van der Waals surface area contributed by atoms with Crippen LogP contribution in [-0.2, 0) is 9.59 Å². The van der Waals surface area contributed by atoms with E-state index in [-0.39, 0.29) is 18.2 Å². The van der Waals surface area contributed by atoms with Crippen LogP contribution >= 0.6 is 0 Å². The second kappa shape index (κ2) is 8.71. The summed E-state index contributed by atoms with van der Waals surface area (Å²) in [5, 5.41) is 2.82. The molecule has 0 spiro atoms. The molecule has 0 radical (unpaired) electrons. The lowest BCUT2D eigenvalue weighted by atomic mass is 10.00. The molecule has 5 heteroatoms. The third-order valence-corrected chi connectivity index (χ3v) is 4.60. The zero-order valence-electron chi connectivity index (χ0n) is 15.0. The van der Waals surface area contributed by atoms with E-state index in [2.05, 4.69) is 31.0 Å². The number of nitrogens with one attached hydrogen (secondary N) is 1. The minimum Gasteiger partial charge on any atom is -0.372 e. The molecule has 1 saturated heterocycles. The maximum Gasteiger partial charge on any atom is 0.233 e. The van der Waals surface area contributed by atoms with Gasteiger partial charge in [0.05, 0.1) is 0 Å². The Morgan fingerprint density at radius 3 is 2.46 bits per heavy atom. The Kier molecular flexibility index (Phi) is 6.64. The van der Waals surface area contributed by atoms with E-state index >= 15 is 0 Å². The third-order valence-electron chi connectivity index (χ3n) is 4.60. The predicted octanol–water partition coefficient (Wildman–Crippen LogP) is 3.12. The summed E-state index contributed by atoms with van der Waals surface area (Å²) >= 11 is 0. The SMILES string of the molecule is CCN(CC)c1ccc(NC(=O)CC(=O)N2CCCC(C)C2)cc1. The lowest BCUT2D eigenvalue weighted by Gasteiger charge is -2.30. The Labute approximate surface area is 145 Å². The monoisotopic (exact) mass is 331 g/mol. The van der Waals surface area contributed by atoms with Gasteiger partial charge in [-0.05, 0) is 56.9 Å². The summed E-state index contributed by atoms with van der Waals surface area (Å²) in [6.07, 6.45) is 2.11. The molecule has 1 aromatic carbocycles. The van der Waals surface area contributed by atoms with E-state index in [4.69, 9.17) is 0 Å². The number of likely N-dealkylation sites (tertiary alicyclic amines) is 1. The number of carbonyl (C=O) groups is 2. The van der Waals surface area contributed by atoms with Crippen LogP contribution in [0.25, 0.3) is 0 Å². The van der Waals surface area contributed by atoms with E-state index in [1.165, 1.54) is 0 Å². The van der Waals surface area contributed by atoms with Crippen molar-refractivity contribution in [2.24, 2.45) is 5.92 Å². The topological polar surface area (TPSA) is 52.7 Å². The zero-order chi connectivity index (χ0) is 17.5. The molecule has 0 saturated carbocycles. The molecule has 1 heterocycles. The van der Waals surface area contributed by atoms with Gasteiger partial charge >= 0.3 is 0 Å². The van der Waals surface area contributed by atoms with Crippen LogP contribution in [0.5, 0.6) is 0 Å². The smallest absolute Gasteiger partial charge is 0.233 e. The van der Waals surface area contributed by atoms with Crippen LogP contribution in [0.1, 0.15) is 40.0 Å². The summed E-state index contributed by atoms with van der Waals surface area (Å²) in [6.45, 7) is 9.82. The van der Waals surface area contributed by atoms with Gasteiger partial charge in [0.2, 0.25) is 11.8 Å². The molecule has 1 N–H and O–H groups in total. The molecule has 2 rings (SSSR count). The largest absolute Gasteiger partial charge is 0.372 e. The van der Waals surface area contributed by atoms with Gasteiger partial charge in [-0.3, -0.25) is 9.59 Å². The highest BCUT2D eigenvalue weighted by molar-refractivity contribution is 6.03. The Hall–Kier alpha value is -2.04. The first-order chi connectivity index (χ1) is 11.5. The molecule has 1 atom stereocenters. The highest BCUT2D eigenvalue weighted by Crippen LogP contribution is 2.19. The Morgan fingerprint density at radius 2 is 1.88 bits per heavy atom. The molecule has 132 valence electrons. The van der Waals surface area contributed by atoms with Gasteiger partial charge in [0.1, 0.15) is 6.42 Å². The van der Waals surface area contributed by atoms with Crippen LogP contribution in [0.4, 0.5) is 11.4 Å². The number of benzene rings is 1. The number of carbonyl (C=O) groups excluding carboxylic acids is 2. The number of piperidine rings is 1. The van der Waals surface area contributed by atoms with E-state index < -0.39 is 0 Å². The van der Waals surface area contributed by atoms with Crippen LogP contribution in [0.2, 0.25) is 0 Å². The summed E-state index contributed by atoms with van der Waals surface area (Å²) in [6, 6.07) is 7.77. The fourth-order valence-electron chi connectivity index (χ4n) is 3.21. The van der Waals surface area contributed by atoms with Gasteiger partial charge in [0, 0.05) is 37.6 Å². The van der Waals surface area contributed by atoms with E-state index in [0.717, 1.165) is 50.4 Å². The van der Waals surface area contributed by atoms with Gasteiger partial charge in [0.25, 0.3) is 0 Å². The minimum atomic E-state index is -0.242. The third kappa shape index (κ3) is 4.98. The zero-order valence-corrected chi connectivity index (χ0v) is 15.0. The molecule has 2 amide bonds. The lowest BCUT2D eigenvalue weighted by Crippen LogP contribution is -2.40. The number of hydrogen-bond acceptors (Lipinski definition) is 3. The predicted molar refractivity (Wildman–Crippen MR) is 98.2 cm³/mol. The second-order valence-electron chi connectivity index (χ2n) is 6.53. The summed E-state index contributed by atoms with van der Waals surface area (Å²) in [5.41, 5.74) is 1.87. The fourth-order valence-corrected chi connectivity index (χ4v) is 3.21. The highest BCUT2D eigenvalue weighted by Gasteiger charge is 2.22. The average molecular weight is 331 g/mol. The quantitative estimate of drug-likeness (QED) is 0.815. The number of hydrogen-bond donors (Lipinski definition) is 1. The maximum absolute atomic E-state index is 12.2. The van der Waals surface area contributed by atoms with Crippen molar-refractivity contribution >= 4 is 23.2 Å². The van der Waals surface area contributed by atoms with Gasteiger partial charge < -0.3 is 15.1 Å². The maximum atomic E-state index is 12.2. The van der Waals surface area contributed by atoms with E-state index in [9.17, 15) is 9.59 Å². The first-order valence-corrected chi connectivity index (χ1v) is 8.96. The first kappa shape index (κ1) is 18.3. The minimum absolute atomic E-state index is 0.0705. The average Bonchev–Trinajstić information content (AvgIpc) is 2.57. The van der Waals surface area contributed by atoms with Gasteiger partial charge in [0.15, 0.2) is 0 Å². The number of anilines is 2.